The van der Waals surface area contributed by atoms with Crippen LogP contribution in [0.3, 0.4) is 0 Å². The van der Waals surface area contributed by atoms with E-state index in [1.54, 1.807) is 6.07 Å². The molecule has 1 fully saturated rings. The molecule has 4 heteroatoms. The number of halogens is 3. The predicted octanol–water partition coefficient (Wildman–Crippen LogP) is 3.63. The minimum atomic E-state index is -0.507. The smallest absolute Gasteiger partial charge is 0.129 e. The van der Waals surface area contributed by atoms with Crippen LogP contribution in [0.15, 0.2) is 18.2 Å². The molecule has 0 saturated carbocycles. The maximum absolute atomic E-state index is 13.4. The second-order valence-corrected chi connectivity index (χ2v) is 6.00. The molecular weight excluding hydrogens is 282 g/mol. The summed E-state index contributed by atoms with van der Waals surface area (Å²) in [5, 5.41) is 0. The van der Waals surface area contributed by atoms with Gasteiger partial charge in [0.25, 0.3) is 0 Å². The van der Waals surface area contributed by atoms with Crippen LogP contribution in [0.1, 0.15) is 5.56 Å². The lowest BCUT2D eigenvalue weighted by Crippen LogP contribution is -2.15. The molecule has 82 valence electrons. The summed E-state index contributed by atoms with van der Waals surface area (Å²) in [6, 6.07) is 3.83. The Balaban J connectivity index is 2.10. The zero-order valence-corrected chi connectivity index (χ0v) is 10.5. The predicted molar refractivity (Wildman–Crippen MR) is 63.6 cm³/mol. The van der Waals surface area contributed by atoms with Crippen LogP contribution in [-0.2, 0) is 6.42 Å². The first-order valence-electron chi connectivity index (χ1n) is 4.82. The van der Waals surface area contributed by atoms with E-state index in [9.17, 15) is 8.78 Å². The lowest BCUT2D eigenvalue weighted by molar-refractivity contribution is 0.545. The molecule has 2 atom stereocenters. The fourth-order valence-corrected chi connectivity index (χ4v) is 4.20. The van der Waals surface area contributed by atoms with Gasteiger partial charge < -0.3 is 0 Å². The molecule has 0 amide bonds. The molecule has 0 aromatic heterocycles. The second-order valence-electron chi connectivity index (χ2n) is 3.75. The van der Waals surface area contributed by atoms with Crippen molar-refractivity contribution >= 4 is 27.7 Å². The molecule has 0 spiro atoms. The number of hydrogen-bond donors (Lipinski definition) is 0. The average molecular weight is 293 g/mol. The highest BCUT2D eigenvalue weighted by Crippen LogP contribution is 2.32. The normalized spacial score (nSPS) is 25.8. The van der Waals surface area contributed by atoms with Gasteiger partial charge in [0.15, 0.2) is 0 Å². The van der Waals surface area contributed by atoms with E-state index in [0.717, 1.165) is 17.6 Å². The first-order valence-corrected chi connectivity index (χ1v) is 6.89. The summed E-state index contributed by atoms with van der Waals surface area (Å²) < 4.78 is 26.1. The Kier molecular flexibility index (Phi) is 3.67. The van der Waals surface area contributed by atoms with E-state index in [1.807, 2.05) is 11.8 Å². The summed E-state index contributed by atoms with van der Waals surface area (Å²) in [6.45, 7) is 0. The molecule has 1 aliphatic heterocycles. The summed E-state index contributed by atoms with van der Waals surface area (Å²) >= 11 is 5.46. The standard InChI is InChI=1S/C11H11BrF2S/c12-10-6-15-5-8(10)3-7-1-2-9(13)4-11(7)14/h1-2,4,8,10H,3,5-6H2. The van der Waals surface area contributed by atoms with Crippen molar-refractivity contribution in [1.29, 1.82) is 0 Å². The number of thioether (sulfide) groups is 1. The van der Waals surface area contributed by atoms with Gasteiger partial charge in [0.1, 0.15) is 11.6 Å². The first-order chi connectivity index (χ1) is 7.16. The summed E-state index contributed by atoms with van der Waals surface area (Å²) in [7, 11) is 0. The van der Waals surface area contributed by atoms with E-state index < -0.39 is 11.6 Å². The van der Waals surface area contributed by atoms with Crippen LogP contribution in [0.4, 0.5) is 8.78 Å². The van der Waals surface area contributed by atoms with Crippen LogP contribution < -0.4 is 0 Å². The highest BCUT2D eigenvalue weighted by atomic mass is 79.9. The molecule has 0 radical (unpaired) electrons. The van der Waals surface area contributed by atoms with E-state index in [0.29, 0.717) is 22.7 Å². The van der Waals surface area contributed by atoms with Gasteiger partial charge >= 0.3 is 0 Å². The van der Waals surface area contributed by atoms with E-state index in [4.69, 9.17) is 0 Å². The monoisotopic (exact) mass is 292 g/mol. The van der Waals surface area contributed by atoms with Gasteiger partial charge in [-0.3, -0.25) is 0 Å². The van der Waals surface area contributed by atoms with E-state index >= 15 is 0 Å². The third-order valence-corrected chi connectivity index (χ3v) is 5.38. The zero-order chi connectivity index (χ0) is 10.8. The van der Waals surface area contributed by atoms with Gasteiger partial charge in [-0.15, -0.1) is 0 Å². The van der Waals surface area contributed by atoms with Crippen LogP contribution in [0, 0.1) is 17.6 Å². The van der Waals surface area contributed by atoms with E-state index in [2.05, 4.69) is 15.9 Å². The molecule has 0 bridgehead atoms. The molecule has 0 aliphatic carbocycles. The fourth-order valence-electron chi connectivity index (χ4n) is 1.73. The third kappa shape index (κ3) is 2.72. The van der Waals surface area contributed by atoms with Crippen LogP contribution >= 0.6 is 27.7 Å². The molecular formula is C11H11BrF2S. The fraction of sp³-hybridized carbons (Fsp3) is 0.455. The molecule has 0 N–H and O–H groups in total. The van der Waals surface area contributed by atoms with Gasteiger partial charge in [0, 0.05) is 16.6 Å². The molecule has 1 saturated heterocycles. The molecule has 0 nitrogen and oxygen atoms in total. The second kappa shape index (κ2) is 4.83. The number of alkyl halides is 1. The maximum atomic E-state index is 13.4. The Labute approximate surface area is 101 Å². The molecule has 1 heterocycles. The zero-order valence-electron chi connectivity index (χ0n) is 8.05. The van der Waals surface area contributed by atoms with Gasteiger partial charge in [-0.05, 0) is 29.7 Å². The average Bonchev–Trinajstić information content (AvgIpc) is 2.57. The van der Waals surface area contributed by atoms with Crippen molar-refractivity contribution in [2.45, 2.75) is 11.2 Å². The molecule has 1 aromatic rings. The van der Waals surface area contributed by atoms with Gasteiger partial charge in [-0.1, -0.05) is 22.0 Å². The minimum Gasteiger partial charge on any atom is -0.207 e. The highest BCUT2D eigenvalue weighted by molar-refractivity contribution is 9.09. The van der Waals surface area contributed by atoms with E-state index in [1.165, 1.54) is 6.07 Å². The van der Waals surface area contributed by atoms with E-state index in [-0.39, 0.29) is 0 Å². The Hall–Kier alpha value is -0.0900. The third-order valence-electron chi connectivity index (χ3n) is 2.62. The van der Waals surface area contributed by atoms with Crippen molar-refractivity contribution in [1.82, 2.24) is 0 Å². The SMILES string of the molecule is Fc1ccc(CC2CSCC2Br)c(F)c1. The molecule has 2 rings (SSSR count). The van der Waals surface area contributed by atoms with Crippen molar-refractivity contribution in [3.63, 3.8) is 0 Å². The largest absolute Gasteiger partial charge is 0.207 e. The number of hydrogen-bond acceptors (Lipinski definition) is 1. The summed E-state index contributed by atoms with van der Waals surface area (Å²) in [5.74, 6) is 1.65. The number of rotatable bonds is 2. The Morgan fingerprint density at radius 3 is 2.73 bits per heavy atom. The van der Waals surface area contributed by atoms with Crippen LogP contribution in [0.5, 0.6) is 0 Å². The summed E-state index contributed by atoms with van der Waals surface area (Å²) in [5.41, 5.74) is 0.619. The van der Waals surface area contributed by atoms with Crippen molar-refractivity contribution in [2.24, 2.45) is 5.92 Å². The van der Waals surface area contributed by atoms with Gasteiger partial charge in [0.05, 0.1) is 0 Å². The lowest BCUT2D eigenvalue weighted by atomic mass is 9.98. The Morgan fingerprint density at radius 1 is 1.33 bits per heavy atom. The molecule has 1 aliphatic rings. The summed E-state index contributed by atoms with van der Waals surface area (Å²) in [6.07, 6.45) is 0.690. The highest BCUT2D eigenvalue weighted by Gasteiger charge is 2.26. The van der Waals surface area contributed by atoms with Crippen molar-refractivity contribution < 1.29 is 8.78 Å². The van der Waals surface area contributed by atoms with Gasteiger partial charge in [-0.2, -0.15) is 11.8 Å². The molecule has 15 heavy (non-hydrogen) atoms. The topological polar surface area (TPSA) is 0 Å². The maximum Gasteiger partial charge on any atom is 0.129 e. The van der Waals surface area contributed by atoms with Crippen molar-refractivity contribution in [2.75, 3.05) is 11.5 Å². The van der Waals surface area contributed by atoms with Gasteiger partial charge in [-0.25, -0.2) is 8.78 Å². The van der Waals surface area contributed by atoms with Crippen molar-refractivity contribution in [3.8, 4) is 0 Å². The Bertz CT molecular complexity index is 356. The lowest BCUT2D eigenvalue weighted by Gasteiger charge is -2.13. The van der Waals surface area contributed by atoms with Gasteiger partial charge in [0.2, 0.25) is 0 Å². The first kappa shape index (κ1) is 11.4. The Morgan fingerprint density at radius 2 is 2.13 bits per heavy atom. The summed E-state index contributed by atoms with van der Waals surface area (Å²) in [4.78, 5) is 0.451. The minimum absolute atomic E-state index is 0.424. The van der Waals surface area contributed by atoms with Crippen LogP contribution in [0.25, 0.3) is 0 Å². The molecule has 1 aromatic carbocycles. The quantitative estimate of drug-likeness (QED) is 0.750. The van der Waals surface area contributed by atoms with Crippen molar-refractivity contribution in [3.05, 3.63) is 35.4 Å². The molecule has 2 unspecified atom stereocenters. The van der Waals surface area contributed by atoms with Crippen LogP contribution in [0.2, 0.25) is 0 Å². The van der Waals surface area contributed by atoms with Crippen LogP contribution in [-0.4, -0.2) is 16.3 Å². The number of benzene rings is 1.